The van der Waals surface area contributed by atoms with Gasteiger partial charge in [0.2, 0.25) is 0 Å². The molecule has 0 aromatic heterocycles. The van der Waals surface area contributed by atoms with E-state index in [1.807, 2.05) is 0 Å². The first-order chi connectivity index (χ1) is 7.62. The molecule has 0 aromatic rings. The van der Waals surface area contributed by atoms with Crippen molar-refractivity contribution in [2.45, 2.75) is 57.2 Å². The van der Waals surface area contributed by atoms with E-state index < -0.39 is 0 Å². The molecular formula is C13H28N2S. The van der Waals surface area contributed by atoms with E-state index in [1.165, 1.54) is 44.5 Å². The van der Waals surface area contributed by atoms with Crippen LogP contribution in [0.1, 0.15) is 46.5 Å². The summed E-state index contributed by atoms with van der Waals surface area (Å²) in [7, 11) is 0. The Morgan fingerprint density at radius 2 is 2.19 bits per heavy atom. The molecule has 2 atom stereocenters. The molecular weight excluding hydrogens is 216 g/mol. The maximum absolute atomic E-state index is 6.02. The lowest BCUT2D eigenvalue weighted by molar-refractivity contribution is 0.104. The highest BCUT2D eigenvalue weighted by molar-refractivity contribution is 7.99. The Kier molecular flexibility index (Phi) is 6.16. The van der Waals surface area contributed by atoms with Gasteiger partial charge in [0.25, 0.3) is 0 Å². The van der Waals surface area contributed by atoms with Gasteiger partial charge in [0.05, 0.1) is 0 Å². The normalized spacial score (nSPS) is 26.6. The quantitative estimate of drug-likeness (QED) is 0.729. The van der Waals surface area contributed by atoms with Crippen molar-refractivity contribution in [3.63, 3.8) is 0 Å². The predicted molar refractivity (Wildman–Crippen MR) is 75.1 cm³/mol. The second kappa shape index (κ2) is 6.87. The van der Waals surface area contributed by atoms with Crippen LogP contribution < -0.4 is 5.73 Å². The lowest BCUT2D eigenvalue weighted by Crippen LogP contribution is -2.55. The molecule has 1 heterocycles. The van der Waals surface area contributed by atoms with E-state index in [1.54, 1.807) is 0 Å². The van der Waals surface area contributed by atoms with Gasteiger partial charge in [-0.3, -0.25) is 4.90 Å². The minimum Gasteiger partial charge on any atom is -0.329 e. The third-order valence-corrected chi connectivity index (χ3v) is 4.90. The predicted octanol–water partition coefficient (Wildman–Crippen LogP) is 2.72. The van der Waals surface area contributed by atoms with E-state index in [2.05, 4.69) is 37.4 Å². The maximum atomic E-state index is 6.02. The van der Waals surface area contributed by atoms with Crippen LogP contribution in [-0.4, -0.2) is 41.1 Å². The summed E-state index contributed by atoms with van der Waals surface area (Å²) in [4.78, 5) is 2.63. The highest BCUT2D eigenvalue weighted by atomic mass is 32.2. The first kappa shape index (κ1) is 14.3. The number of rotatable bonds is 6. The van der Waals surface area contributed by atoms with Crippen molar-refractivity contribution < 1.29 is 0 Å². The van der Waals surface area contributed by atoms with E-state index in [4.69, 9.17) is 5.73 Å². The number of nitrogens with two attached hydrogens (primary N) is 1. The summed E-state index contributed by atoms with van der Waals surface area (Å²) in [6.45, 7) is 10.2. The SMILES string of the molecule is CCCCCC(C)(CN)N1CCSC(C)C1. The van der Waals surface area contributed by atoms with Crippen molar-refractivity contribution in [3.8, 4) is 0 Å². The van der Waals surface area contributed by atoms with Crippen molar-refractivity contribution in [3.05, 3.63) is 0 Å². The minimum absolute atomic E-state index is 0.240. The van der Waals surface area contributed by atoms with E-state index >= 15 is 0 Å². The fourth-order valence-electron chi connectivity index (χ4n) is 2.45. The zero-order valence-corrected chi connectivity index (χ0v) is 12.0. The van der Waals surface area contributed by atoms with Gasteiger partial charge in [0.15, 0.2) is 0 Å². The van der Waals surface area contributed by atoms with E-state index in [-0.39, 0.29) is 5.54 Å². The molecule has 1 aliphatic rings. The van der Waals surface area contributed by atoms with Gasteiger partial charge in [-0.05, 0) is 13.3 Å². The van der Waals surface area contributed by atoms with Crippen LogP contribution in [0.25, 0.3) is 0 Å². The molecule has 1 aliphatic heterocycles. The van der Waals surface area contributed by atoms with Gasteiger partial charge in [-0.25, -0.2) is 0 Å². The number of nitrogens with zero attached hydrogens (tertiary/aromatic N) is 1. The molecule has 0 aromatic carbocycles. The number of hydrogen-bond donors (Lipinski definition) is 1. The van der Waals surface area contributed by atoms with Crippen LogP contribution in [0, 0.1) is 0 Å². The summed E-state index contributed by atoms with van der Waals surface area (Å²) in [5.41, 5.74) is 6.26. The van der Waals surface area contributed by atoms with Crippen LogP contribution in [0.3, 0.4) is 0 Å². The van der Waals surface area contributed by atoms with Crippen molar-refractivity contribution in [2.24, 2.45) is 5.73 Å². The Labute approximate surface area is 105 Å². The molecule has 1 saturated heterocycles. The Hall–Kier alpha value is 0.270. The van der Waals surface area contributed by atoms with Crippen LogP contribution in [0.15, 0.2) is 0 Å². The zero-order chi connectivity index (χ0) is 12.0. The Bertz CT molecular complexity index is 198. The highest BCUT2D eigenvalue weighted by Gasteiger charge is 2.32. The first-order valence-electron chi connectivity index (χ1n) is 6.69. The van der Waals surface area contributed by atoms with E-state index in [0.29, 0.717) is 0 Å². The molecule has 0 radical (unpaired) electrons. The van der Waals surface area contributed by atoms with Gasteiger partial charge in [-0.1, -0.05) is 33.1 Å². The molecule has 96 valence electrons. The van der Waals surface area contributed by atoms with Crippen molar-refractivity contribution in [1.82, 2.24) is 4.90 Å². The zero-order valence-electron chi connectivity index (χ0n) is 11.2. The third-order valence-electron chi connectivity index (χ3n) is 3.76. The molecule has 2 unspecified atom stereocenters. The molecule has 0 saturated carbocycles. The Morgan fingerprint density at radius 3 is 2.75 bits per heavy atom. The molecule has 2 nitrogen and oxygen atoms in total. The number of thioether (sulfide) groups is 1. The summed E-state index contributed by atoms with van der Waals surface area (Å²) >= 11 is 2.09. The lowest BCUT2D eigenvalue weighted by Gasteiger charge is -2.44. The maximum Gasteiger partial charge on any atom is 0.0304 e. The molecule has 0 bridgehead atoms. The summed E-state index contributed by atoms with van der Waals surface area (Å²) in [6, 6.07) is 0. The van der Waals surface area contributed by atoms with Crippen LogP contribution in [0.2, 0.25) is 0 Å². The molecule has 16 heavy (non-hydrogen) atoms. The summed E-state index contributed by atoms with van der Waals surface area (Å²) in [6.07, 6.45) is 5.22. The number of hydrogen-bond acceptors (Lipinski definition) is 3. The molecule has 1 rings (SSSR count). The van der Waals surface area contributed by atoms with E-state index in [9.17, 15) is 0 Å². The smallest absolute Gasteiger partial charge is 0.0304 e. The lowest BCUT2D eigenvalue weighted by atomic mass is 9.92. The largest absolute Gasteiger partial charge is 0.329 e. The van der Waals surface area contributed by atoms with Crippen LogP contribution in [-0.2, 0) is 0 Å². The second-order valence-electron chi connectivity index (χ2n) is 5.29. The Morgan fingerprint density at radius 1 is 1.44 bits per heavy atom. The third kappa shape index (κ3) is 3.94. The van der Waals surface area contributed by atoms with E-state index in [0.717, 1.165) is 11.8 Å². The van der Waals surface area contributed by atoms with Crippen LogP contribution in [0.5, 0.6) is 0 Å². The monoisotopic (exact) mass is 244 g/mol. The van der Waals surface area contributed by atoms with Gasteiger partial charge in [0, 0.05) is 36.2 Å². The van der Waals surface area contributed by atoms with Crippen LogP contribution >= 0.6 is 11.8 Å². The van der Waals surface area contributed by atoms with Crippen LogP contribution in [0.4, 0.5) is 0 Å². The standard InChI is InChI=1S/C13H28N2S/c1-4-5-6-7-13(3,11-14)15-8-9-16-12(2)10-15/h12H,4-11,14H2,1-3H3. The topological polar surface area (TPSA) is 29.3 Å². The van der Waals surface area contributed by atoms with Crippen molar-refractivity contribution in [2.75, 3.05) is 25.4 Å². The summed E-state index contributed by atoms with van der Waals surface area (Å²) < 4.78 is 0. The summed E-state index contributed by atoms with van der Waals surface area (Å²) in [5, 5.41) is 0.769. The minimum atomic E-state index is 0.240. The fourth-order valence-corrected chi connectivity index (χ4v) is 3.47. The Balaban J connectivity index is 2.48. The molecule has 0 amide bonds. The van der Waals surface area contributed by atoms with Gasteiger partial charge < -0.3 is 5.73 Å². The van der Waals surface area contributed by atoms with Gasteiger partial charge in [-0.2, -0.15) is 11.8 Å². The highest BCUT2D eigenvalue weighted by Crippen LogP contribution is 2.27. The van der Waals surface area contributed by atoms with Gasteiger partial charge in [0.1, 0.15) is 0 Å². The van der Waals surface area contributed by atoms with Crippen molar-refractivity contribution in [1.29, 1.82) is 0 Å². The molecule has 0 aliphatic carbocycles. The number of unbranched alkanes of at least 4 members (excludes halogenated alkanes) is 2. The van der Waals surface area contributed by atoms with Gasteiger partial charge in [-0.15, -0.1) is 0 Å². The first-order valence-corrected chi connectivity index (χ1v) is 7.74. The summed E-state index contributed by atoms with van der Waals surface area (Å²) in [5.74, 6) is 1.27. The average molecular weight is 244 g/mol. The molecule has 1 fully saturated rings. The van der Waals surface area contributed by atoms with Crippen molar-refractivity contribution >= 4 is 11.8 Å². The van der Waals surface area contributed by atoms with Gasteiger partial charge >= 0.3 is 0 Å². The fraction of sp³-hybridized carbons (Fsp3) is 1.00. The average Bonchev–Trinajstić information content (AvgIpc) is 2.29. The molecule has 2 N–H and O–H groups in total. The molecule has 3 heteroatoms. The second-order valence-corrected chi connectivity index (χ2v) is 6.83. The molecule has 0 spiro atoms.